The van der Waals surface area contributed by atoms with Gasteiger partial charge in [-0.2, -0.15) is 0 Å². The average Bonchev–Trinajstić information content (AvgIpc) is 1.67. The molecule has 3 nitrogen and oxygen atoms in total. The van der Waals surface area contributed by atoms with Gasteiger partial charge in [-0.05, 0) is 6.32 Å². The molecule has 0 radical (unpaired) electrons. The van der Waals surface area contributed by atoms with Crippen LogP contribution in [-0.2, 0) is 9.59 Å². The predicted molar refractivity (Wildman–Crippen MR) is 30.5 cm³/mol. The lowest BCUT2D eigenvalue weighted by atomic mass is 9.76. The number of hydrogen-bond acceptors (Lipinski definition) is 2. The third kappa shape index (κ3) is 2.39. The van der Waals surface area contributed by atoms with E-state index in [9.17, 15) is 9.59 Å². The molecule has 0 aliphatic heterocycles. The molecule has 0 amide bonds. The highest BCUT2D eigenvalue weighted by molar-refractivity contribution is 6.49. The Labute approximate surface area is 47.9 Å². The maximum absolute atomic E-state index is 10.1. The topological polar surface area (TPSA) is 54.4 Å². The molecule has 0 aromatic rings. The van der Waals surface area contributed by atoms with Gasteiger partial charge in [0.25, 0.3) is 0 Å². The lowest BCUT2D eigenvalue weighted by Crippen LogP contribution is -2.12. The molecule has 0 saturated heterocycles. The number of carbonyl (C=O) groups is 2. The monoisotopic (exact) mass is 114 g/mol. The summed E-state index contributed by atoms with van der Waals surface area (Å²) in [6.45, 7) is 1.76. The van der Waals surface area contributed by atoms with Gasteiger partial charge in [-0.25, -0.2) is 4.79 Å². The fraction of sp³-hybridized carbons (Fsp3) is 0.500. The van der Waals surface area contributed by atoms with E-state index in [2.05, 4.69) is 0 Å². The lowest BCUT2D eigenvalue weighted by Gasteiger charge is -1.84. The van der Waals surface area contributed by atoms with Gasteiger partial charge in [-0.1, -0.05) is 6.82 Å². The Balaban J connectivity index is 3.49. The Morgan fingerprint density at radius 1 is 1.62 bits per heavy atom. The van der Waals surface area contributed by atoms with Crippen LogP contribution in [0, 0.1) is 0 Å². The molecule has 8 heavy (non-hydrogen) atoms. The Morgan fingerprint density at radius 2 is 2.12 bits per heavy atom. The van der Waals surface area contributed by atoms with Gasteiger partial charge >= 0.3 is 5.97 Å². The van der Waals surface area contributed by atoms with E-state index < -0.39 is 11.8 Å². The summed E-state index contributed by atoms with van der Waals surface area (Å²) in [6, 6.07) is 0. The Bertz CT molecular complexity index is 110. The van der Waals surface area contributed by atoms with Crippen molar-refractivity contribution in [2.24, 2.45) is 0 Å². The molecule has 0 rings (SSSR count). The summed E-state index contributed by atoms with van der Waals surface area (Å²) in [6.07, 6.45) is 0.148. The van der Waals surface area contributed by atoms with Crippen molar-refractivity contribution in [2.45, 2.75) is 13.1 Å². The zero-order valence-electron chi connectivity index (χ0n) is 4.68. The molecule has 0 bridgehead atoms. The number of rotatable bonds is 3. The van der Waals surface area contributed by atoms with Gasteiger partial charge in [-0.15, -0.1) is 0 Å². The van der Waals surface area contributed by atoms with Crippen LogP contribution in [0.5, 0.6) is 0 Å². The molecule has 0 heterocycles. The van der Waals surface area contributed by atoms with Gasteiger partial charge in [-0.3, -0.25) is 4.79 Å². The molecule has 0 spiro atoms. The van der Waals surface area contributed by atoms with E-state index >= 15 is 0 Å². The van der Waals surface area contributed by atoms with Crippen molar-refractivity contribution in [3.63, 3.8) is 0 Å². The average molecular weight is 114 g/mol. The van der Waals surface area contributed by atoms with E-state index in [1.807, 2.05) is 0 Å². The fourth-order valence-corrected chi connectivity index (χ4v) is 0.334. The van der Waals surface area contributed by atoms with E-state index in [1.165, 1.54) is 0 Å². The number of Topliss-reactive ketones (excluding diaryl/α,β-unsaturated/α-hetero) is 1. The maximum atomic E-state index is 10.1. The second kappa shape index (κ2) is 3.24. The van der Waals surface area contributed by atoms with E-state index in [0.29, 0.717) is 7.28 Å². The molecular weight excluding hydrogens is 107 g/mol. The van der Waals surface area contributed by atoms with Crippen molar-refractivity contribution in [1.29, 1.82) is 0 Å². The summed E-state index contributed by atoms with van der Waals surface area (Å²) in [7, 11) is 0.602. The van der Waals surface area contributed by atoms with Gasteiger partial charge in [0, 0.05) is 0 Å². The van der Waals surface area contributed by atoms with Crippen molar-refractivity contribution >= 4 is 19.0 Å². The second-order valence-corrected chi connectivity index (χ2v) is 1.48. The fourth-order valence-electron chi connectivity index (χ4n) is 0.334. The van der Waals surface area contributed by atoms with E-state index in [1.54, 1.807) is 6.82 Å². The molecular formula is C4H7BO3. The van der Waals surface area contributed by atoms with E-state index in [4.69, 9.17) is 5.11 Å². The summed E-state index contributed by atoms with van der Waals surface area (Å²) in [5.41, 5.74) is 0. The van der Waals surface area contributed by atoms with Crippen molar-refractivity contribution in [3.05, 3.63) is 0 Å². The van der Waals surface area contributed by atoms with Gasteiger partial charge in [0.05, 0.1) is 0 Å². The Hall–Kier alpha value is -0.795. The number of aliphatic carboxylic acids is 1. The van der Waals surface area contributed by atoms with Crippen molar-refractivity contribution < 1.29 is 14.7 Å². The van der Waals surface area contributed by atoms with Crippen molar-refractivity contribution in [2.75, 3.05) is 0 Å². The Morgan fingerprint density at radius 3 is 2.25 bits per heavy atom. The standard InChI is InChI=1S/C4H7BO3/c1-5-2-3(6)4(7)8/h5H,2H2,1H3,(H,7,8). The minimum atomic E-state index is -1.33. The van der Waals surface area contributed by atoms with Gasteiger partial charge in [0.15, 0.2) is 0 Å². The molecule has 44 valence electrons. The van der Waals surface area contributed by atoms with Crippen LogP contribution < -0.4 is 0 Å². The van der Waals surface area contributed by atoms with E-state index in [0.717, 1.165) is 0 Å². The minimum absolute atomic E-state index is 0.148. The summed E-state index contributed by atoms with van der Waals surface area (Å²) < 4.78 is 0. The normalized spacial score (nSPS) is 8.12. The smallest absolute Gasteiger partial charge is 0.371 e. The second-order valence-electron chi connectivity index (χ2n) is 1.48. The predicted octanol–water partition coefficient (Wildman–Crippen LogP) is -0.457. The van der Waals surface area contributed by atoms with E-state index in [-0.39, 0.29) is 6.32 Å². The molecule has 0 fully saturated rings. The van der Waals surface area contributed by atoms with Crippen LogP contribution >= 0.6 is 0 Å². The third-order valence-electron chi connectivity index (χ3n) is 0.716. The molecule has 0 saturated carbocycles. The Kier molecular flexibility index (Phi) is 2.92. The molecule has 0 aromatic carbocycles. The van der Waals surface area contributed by atoms with Gasteiger partial charge in [0.2, 0.25) is 5.78 Å². The van der Waals surface area contributed by atoms with Crippen LogP contribution in [0.25, 0.3) is 0 Å². The summed E-state index contributed by atoms with van der Waals surface area (Å²) in [4.78, 5) is 19.9. The van der Waals surface area contributed by atoms with Gasteiger partial charge in [0.1, 0.15) is 7.28 Å². The number of carbonyl (C=O) groups excluding carboxylic acids is 1. The molecule has 0 atom stereocenters. The zero-order chi connectivity index (χ0) is 6.57. The SMILES string of the molecule is CBCC(=O)C(=O)O. The first-order valence-corrected chi connectivity index (χ1v) is 2.44. The highest BCUT2D eigenvalue weighted by Gasteiger charge is 2.07. The minimum Gasteiger partial charge on any atom is -0.476 e. The molecule has 0 unspecified atom stereocenters. The zero-order valence-corrected chi connectivity index (χ0v) is 4.68. The van der Waals surface area contributed by atoms with Crippen molar-refractivity contribution in [1.82, 2.24) is 0 Å². The molecule has 4 heteroatoms. The highest BCUT2D eigenvalue weighted by Crippen LogP contribution is 1.80. The summed E-state index contributed by atoms with van der Waals surface area (Å²) in [5.74, 6) is -2.03. The first-order chi connectivity index (χ1) is 3.68. The number of ketones is 1. The molecule has 0 aliphatic rings. The number of hydrogen-bond donors (Lipinski definition) is 1. The lowest BCUT2D eigenvalue weighted by molar-refractivity contribution is -0.148. The first-order valence-electron chi connectivity index (χ1n) is 2.44. The maximum Gasteiger partial charge on any atom is 0.371 e. The van der Waals surface area contributed by atoms with Crippen LogP contribution in [0.15, 0.2) is 0 Å². The van der Waals surface area contributed by atoms with Crippen molar-refractivity contribution in [3.8, 4) is 0 Å². The molecule has 0 aliphatic carbocycles. The van der Waals surface area contributed by atoms with Crippen LogP contribution in [0.2, 0.25) is 13.1 Å². The molecule has 0 aromatic heterocycles. The molecule has 1 N–H and O–H groups in total. The van der Waals surface area contributed by atoms with Crippen LogP contribution in [0.1, 0.15) is 0 Å². The largest absolute Gasteiger partial charge is 0.476 e. The van der Waals surface area contributed by atoms with Crippen LogP contribution in [0.4, 0.5) is 0 Å². The summed E-state index contributed by atoms with van der Waals surface area (Å²) in [5, 5.41) is 7.96. The first kappa shape index (κ1) is 7.20. The number of carboxylic acid groups (broad SMARTS) is 1. The number of carboxylic acids is 1. The third-order valence-corrected chi connectivity index (χ3v) is 0.716. The van der Waals surface area contributed by atoms with Crippen LogP contribution in [-0.4, -0.2) is 24.1 Å². The van der Waals surface area contributed by atoms with Gasteiger partial charge < -0.3 is 5.11 Å². The highest BCUT2D eigenvalue weighted by atomic mass is 16.4. The van der Waals surface area contributed by atoms with Crippen LogP contribution in [0.3, 0.4) is 0 Å². The quantitative estimate of drug-likeness (QED) is 0.399. The summed E-state index contributed by atoms with van der Waals surface area (Å²) >= 11 is 0.